The van der Waals surface area contributed by atoms with Gasteiger partial charge in [0.05, 0.1) is 6.21 Å². The Bertz CT molecular complexity index is 511. The Morgan fingerprint density at radius 1 is 1.42 bits per heavy atom. The normalized spacial score (nSPS) is 27.9. The van der Waals surface area contributed by atoms with E-state index in [4.69, 9.17) is 12.2 Å². The Kier molecular flexibility index (Phi) is 3.55. The lowest BCUT2D eigenvalue weighted by molar-refractivity contribution is 0.521. The van der Waals surface area contributed by atoms with Gasteiger partial charge in [-0.15, -0.1) is 0 Å². The lowest BCUT2D eigenvalue weighted by atomic mass is 10.0. The summed E-state index contributed by atoms with van der Waals surface area (Å²) < 4.78 is 0. The van der Waals surface area contributed by atoms with Crippen molar-refractivity contribution in [2.75, 3.05) is 0 Å². The van der Waals surface area contributed by atoms with Crippen LogP contribution in [0.15, 0.2) is 41.8 Å². The molecule has 2 bridgehead atoms. The number of rotatable bonds is 3. The summed E-state index contributed by atoms with van der Waals surface area (Å²) in [6.45, 7) is 0. The van der Waals surface area contributed by atoms with Gasteiger partial charge in [0.1, 0.15) is 0 Å². The second-order valence-corrected chi connectivity index (χ2v) is 5.42. The van der Waals surface area contributed by atoms with Crippen LogP contribution in [0.5, 0.6) is 0 Å². The number of fused-ring (bicyclic) bond motifs is 2. The van der Waals surface area contributed by atoms with Crippen LogP contribution in [0.3, 0.4) is 0 Å². The number of hydrogen-bond acceptors (Lipinski definition) is 3. The molecule has 1 heterocycles. The van der Waals surface area contributed by atoms with Crippen LogP contribution in [0.2, 0.25) is 0 Å². The molecule has 3 rings (SSSR count). The third-order valence-electron chi connectivity index (χ3n) is 3.66. The highest BCUT2D eigenvalue weighted by atomic mass is 32.1. The van der Waals surface area contributed by atoms with Gasteiger partial charge in [-0.05, 0) is 43.0 Å². The highest BCUT2D eigenvalue weighted by molar-refractivity contribution is 7.80. The van der Waals surface area contributed by atoms with Crippen LogP contribution < -0.4 is 10.7 Å². The van der Waals surface area contributed by atoms with Crippen molar-refractivity contribution >= 4 is 23.5 Å². The number of nitrogens with zero attached hydrogens (tertiary/aromatic N) is 2. The van der Waals surface area contributed by atoms with Crippen LogP contribution in [-0.4, -0.2) is 22.4 Å². The fourth-order valence-electron chi connectivity index (χ4n) is 2.77. The molecule has 19 heavy (non-hydrogen) atoms. The molecule has 0 saturated heterocycles. The van der Waals surface area contributed by atoms with Crippen molar-refractivity contribution in [2.45, 2.75) is 18.9 Å². The maximum absolute atomic E-state index is 5.25. The number of pyridine rings is 1. The highest BCUT2D eigenvalue weighted by Gasteiger charge is 2.35. The minimum atomic E-state index is 0.462. The second-order valence-electron chi connectivity index (χ2n) is 5.02. The number of hydrazone groups is 1. The van der Waals surface area contributed by atoms with E-state index in [9.17, 15) is 0 Å². The average molecular weight is 272 g/mol. The van der Waals surface area contributed by atoms with Gasteiger partial charge in [-0.2, -0.15) is 5.10 Å². The minimum Gasteiger partial charge on any atom is -0.358 e. The van der Waals surface area contributed by atoms with Crippen molar-refractivity contribution in [2.24, 2.45) is 16.9 Å². The van der Waals surface area contributed by atoms with Crippen molar-refractivity contribution in [3.63, 3.8) is 0 Å². The van der Waals surface area contributed by atoms with E-state index in [-0.39, 0.29) is 0 Å². The summed E-state index contributed by atoms with van der Waals surface area (Å²) >= 11 is 5.25. The molecule has 1 aromatic rings. The monoisotopic (exact) mass is 272 g/mol. The zero-order valence-electron chi connectivity index (χ0n) is 10.5. The summed E-state index contributed by atoms with van der Waals surface area (Å²) in [7, 11) is 0. The Balaban J connectivity index is 1.47. The summed E-state index contributed by atoms with van der Waals surface area (Å²) in [6, 6.07) is 4.28. The van der Waals surface area contributed by atoms with E-state index in [2.05, 4.69) is 33.0 Å². The molecule has 0 aliphatic heterocycles. The molecule has 4 nitrogen and oxygen atoms in total. The molecule has 0 aromatic carbocycles. The van der Waals surface area contributed by atoms with Crippen LogP contribution in [0.4, 0.5) is 0 Å². The van der Waals surface area contributed by atoms with Crippen molar-refractivity contribution in [3.8, 4) is 0 Å². The van der Waals surface area contributed by atoms with E-state index in [1.807, 2.05) is 12.1 Å². The van der Waals surface area contributed by atoms with Crippen LogP contribution in [0, 0.1) is 11.8 Å². The number of aromatic nitrogens is 1. The number of thiocarbonyl (C=S) groups is 1. The van der Waals surface area contributed by atoms with E-state index in [0.717, 1.165) is 11.5 Å². The first kappa shape index (κ1) is 12.3. The molecule has 2 N–H and O–H groups in total. The SMILES string of the molecule is S=C(N/N=C\c1cccnc1)N[C@H]1C[C@@H]2C=C[C@H]1C2. The van der Waals surface area contributed by atoms with E-state index >= 15 is 0 Å². The lowest BCUT2D eigenvalue weighted by Crippen LogP contribution is -2.42. The average Bonchev–Trinajstić information content (AvgIpc) is 3.02. The van der Waals surface area contributed by atoms with Gasteiger partial charge < -0.3 is 5.32 Å². The smallest absolute Gasteiger partial charge is 0.187 e. The van der Waals surface area contributed by atoms with Crippen LogP contribution in [0.25, 0.3) is 0 Å². The summed E-state index contributed by atoms with van der Waals surface area (Å²) in [5.74, 6) is 1.37. The van der Waals surface area contributed by atoms with Gasteiger partial charge >= 0.3 is 0 Å². The summed E-state index contributed by atoms with van der Waals surface area (Å²) in [5, 5.41) is 8.03. The van der Waals surface area contributed by atoms with Crippen molar-refractivity contribution in [1.29, 1.82) is 0 Å². The summed E-state index contributed by atoms with van der Waals surface area (Å²) in [4.78, 5) is 4.02. The highest BCUT2D eigenvalue weighted by Crippen LogP contribution is 2.38. The van der Waals surface area contributed by atoms with E-state index in [0.29, 0.717) is 17.1 Å². The third-order valence-corrected chi connectivity index (χ3v) is 3.87. The van der Waals surface area contributed by atoms with Gasteiger partial charge in [0.2, 0.25) is 0 Å². The maximum Gasteiger partial charge on any atom is 0.187 e. The first-order chi connectivity index (χ1) is 9.31. The third kappa shape index (κ3) is 2.98. The van der Waals surface area contributed by atoms with Crippen LogP contribution in [-0.2, 0) is 0 Å². The summed E-state index contributed by atoms with van der Waals surface area (Å²) in [6.07, 6.45) is 12.3. The van der Waals surface area contributed by atoms with Crippen LogP contribution in [0.1, 0.15) is 18.4 Å². The molecule has 3 atom stereocenters. The molecule has 0 radical (unpaired) electrons. The van der Waals surface area contributed by atoms with E-state index < -0.39 is 0 Å². The quantitative estimate of drug-likeness (QED) is 0.381. The Hall–Kier alpha value is -1.75. The first-order valence-corrected chi connectivity index (χ1v) is 6.90. The lowest BCUT2D eigenvalue weighted by Gasteiger charge is -2.20. The Labute approximate surface area is 118 Å². The molecule has 1 fully saturated rings. The molecule has 2 aliphatic carbocycles. The van der Waals surface area contributed by atoms with Gasteiger partial charge in [0.25, 0.3) is 0 Å². The maximum atomic E-state index is 5.25. The van der Waals surface area contributed by atoms with E-state index in [1.54, 1.807) is 18.6 Å². The largest absolute Gasteiger partial charge is 0.358 e. The zero-order chi connectivity index (χ0) is 13.1. The molecule has 0 unspecified atom stereocenters. The van der Waals surface area contributed by atoms with Gasteiger partial charge in [-0.1, -0.05) is 18.2 Å². The van der Waals surface area contributed by atoms with Crippen molar-refractivity contribution in [3.05, 3.63) is 42.2 Å². The van der Waals surface area contributed by atoms with Crippen molar-refractivity contribution < 1.29 is 0 Å². The van der Waals surface area contributed by atoms with Gasteiger partial charge in [0.15, 0.2) is 5.11 Å². The first-order valence-electron chi connectivity index (χ1n) is 6.49. The Morgan fingerprint density at radius 2 is 2.37 bits per heavy atom. The fraction of sp³-hybridized carbons (Fsp3) is 0.357. The Morgan fingerprint density at radius 3 is 3.05 bits per heavy atom. The molecule has 1 saturated carbocycles. The van der Waals surface area contributed by atoms with Gasteiger partial charge in [-0.3, -0.25) is 10.4 Å². The number of allylic oxidation sites excluding steroid dienone is 1. The number of nitrogens with one attached hydrogen (secondary N) is 2. The van der Waals surface area contributed by atoms with Crippen LogP contribution >= 0.6 is 12.2 Å². The van der Waals surface area contributed by atoms with E-state index in [1.165, 1.54) is 12.8 Å². The zero-order valence-corrected chi connectivity index (χ0v) is 11.3. The number of hydrogen-bond donors (Lipinski definition) is 2. The topological polar surface area (TPSA) is 49.3 Å². The molecule has 0 amide bonds. The molecule has 98 valence electrons. The predicted octanol–water partition coefficient (Wildman–Crippen LogP) is 1.84. The molecule has 5 heteroatoms. The standard InChI is InChI=1S/C14H16N4S/c19-14(17-13-7-10-3-4-12(13)6-10)18-16-9-11-2-1-5-15-8-11/h1-5,8-10,12-13H,6-7H2,(H2,17,18,19)/b16-9-/t10-,12+,13+/m1/s1. The predicted molar refractivity (Wildman–Crippen MR) is 79.8 cm³/mol. The molecular formula is C14H16N4S. The fourth-order valence-corrected chi connectivity index (χ4v) is 2.97. The summed E-state index contributed by atoms with van der Waals surface area (Å²) in [5.41, 5.74) is 3.80. The van der Waals surface area contributed by atoms with Gasteiger partial charge in [0, 0.05) is 24.0 Å². The second kappa shape index (κ2) is 5.48. The molecule has 2 aliphatic rings. The molecule has 1 aromatic heterocycles. The molecule has 0 spiro atoms. The minimum absolute atomic E-state index is 0.462. The van der Waals surface area contributed by atoms with Crippen molar-refractivity contribution in [1.82, 2.24) is 15.7 Å². The van der Waals surface area contributed by atoms with Gasteiger partial charge in [-0.25, -0.2) is 0 Å². The molecular weight excluding hydrogens is 256 g/mol.